The summed E-state index contributed by atoms with van der Waals surface area (Å²) in [6, 6.07) is 8.14. The minimum absolute atomic E-state index is 0.0797. The van der Waals surface area contributed by atoms with Gasteiger partial charge in [-0.05, 0) is 23.6 Å². The molecule has 3 aromatic heterocycles. The van der Waals surface area contributed by atoms with Crippen LogP contribution in [0.2, 0.25) is 0 Å². The van der Waals surface area contributed by atoms with Gasteiger partial charge in [0.2, 0.25) is 0 Å². The third-order valence-corrected chi connectivity index (χ3v) is 3.89. The summed E-state index contributed by atoms with van der Waals surface area (Å²) in [6.07, 6.45) is -3.31. The highest BCUT2D eigenvalue weighted by Crippen LogP contribution is 2.31. The quantitative estimate of drug-likeness (QED) is 0.803. The molecule has 0 unspecified atom stereocenters. The Kier molecular flexibility index (Phi) is 3.61. The number of thiophene rings is 1. The van der Waals surface area contributed by atoms with Crippen LogP contribution in [0.5, 0.6) is 0 Å². The van der Waals surface area contributed by atoms with Crippen molar-refractivity contribution in [2.24, 2.45) is 0 Å². The van der Waals surface area contributed by atoms with E-state index in [0.29, 0.717) is 0 Å². The van der Waals surface area contributed by atoms with Crippen LogP contribution in [-0.2, 0) is 12.7 Å². The molecule has 4 nitrogen and oxygen atoms in total. The summed E-state index contributed by atoms with van der Waals surface area (Å²) in [5.41, 5.74) is -1.60. The van der Waals surface area contributed by atoms with E-state index in [0.717, 1.165) is 9.28 Å². The first-order valence-electron chi connectivity index (χ1n) is 6.31. The van der Waals surface area contributed by atoms with Gasteiger partial charge in [-0.15, -0.1) is 11.3 Å². The average molecular weight is 325 g/mol. The van der Waals surface area contributed by atoms with Crippen LogP contribution in [0, 0.1) is 0 Å². The van der Waals surface area contributed by atoms with Gasteiger partial charge in [0.25, 0.3) is 5.91 Å². The van der Waals surface area contributed by atoms with Gasteiger partial charge in [-0.25, -0.2) is 4.98 Å². The van der Waals surface area contributed by atoms with E-state index in [1.165, 1.54) is 23.6 Å². The molecule has 0 atom stereocenters. The summed E-state index contributed by atoms with van der Waals surface area (Å²) in [5, 5.41) is 4.33. The first-order valence-corrected chi connectivity index (χ1v) is 7.19. The number of hydrogen-bond acceptors (Lipinski definition) is 3. The molecule has 8 heteroatoms. The summed E-state index contributed by atoms with van der Waals surface area (Å²) in [5.74, 6) is -0.806. The highest BCUT2D eigenvalue weighted by Gasteiger charge is 2.40. The smallest absolute Gasteiger partial charge is 0.346 e. The van der Waals surface area contributed by atoms with Crippen LogP contribution < -0.4 is 5.32 Å². The molecule has 114 valence electrons. The zero-order valence-corrected chi connectivity index (χ0v) is 11.9. The van der Waals surface area contributed by atoms with Crippen molar-refractivity contribution < 1.29 is 18.0 Å². The number of halogens is 3. The number of nitrogens with one attached hydrogen (secondary N) is 1. The lowest BCUT2D eigenvalue weighted by Gasteiger charge is -2.08. The summed E-state index contributed by atoms with van der Waals surface area (Å²) in [6.45, 7) is 0.174. The first-order chi connectivity index (χ1) is 10.5. The topological polar surface area (TPSA) is 46.4 Å². The second-order valence-electron chi connectivity index (χ2n) is 4.50. The fourth-order valence-corrected chi connectivity index (χ4v) is 2.72. The number of nitrogens with zero attached hydrogens (tertiary/aromatic N) is 2. The normalized spacial score (nSPS) is 11.8. The Hall–Kier alpha value is -2.35. The maximum Gasteiger partial charge on any atom is 0.435 e. The number of carbonyl (C=O) groups excluding carboxylic acids is 1. The number of fused-ring (bicyclic) bond motifs is 1. The fraction of sp³-hybridized carbons (Fsp3) is 0.143. The number of carbonyl (C=O) groups is 1. The van der Waals surface area contributed by atoms with Crippen LogP contribution >= 0.6 is 11.3 Å². The Balaban J connectivity index is 1.98. The van der Waals surface area contributed by atoms with E-state index in [1.54, 1.807) is 18.2 Å². The molecule has 1 amide bonds. The van der Waals surface area contributed by atoms with E-state index >= 15 is 0 Å². The lowest BCUT2D eigenvalue weighted by molar-refractivity contribution is -0.141. The van der Waals surface area contributed by atoms with Gasteiger partial charge in [0.15, 0.2) is 5.69 Å². The molecule has 3 aromatic rings. The molecule has 0 saturated heterocycles. The molecule has 0 spiro atoms. The molecule has 0 aliphatic carbocycles. The zero-order valence-electron chi connectivity index (χ0n) is 11.1. The van der Waals surface area contributed by atoms with E-state index in [2.05, 4.69) is 10.3 Å². The predicted octanol–water partition coefficient (Wildman–Crippen LogP) is 3.34. The number of rotatable bonds is 3. The highest BCUT2D eigenvalue weighted by molar-refractivity contribution is 7.09. The molecule has 0 saturated carbocycles. The second-order valence-corrected chi connectivity index (χ2v) is 5.53. The van der Waals surface area contributed by atoms with E-state index in [-0.39, 0.29) is 12.2 Å². The van der Waals surface area contributed by atoms with Crippen LogP contribution in [0.15, 0.2) is 41.9 Å². The van der Waals surface area contributed by atoms with Crippen molar-refractivity contribution in [1.82, 2.24) is 14.7 Å². The lowest BCUT2D eigenvalue weighted by Crippen LogP contribution is -2.26. The SMILES string of the molecule is O=C(NCc1cccs1)c1c(C(F)(F)F)nc2ccccn12. The Labute approximate surface area is 127 Å². The van der Waals surface area contributed by atoms with E-state index in [9.17, 15) is 18.0 Å². The van der Waals surface area contributed by atoms with Gasteiger partial charge >= 0.3 is 6.18 Å². The van der Waals surface area contributed by atoms with Crippen LogP contribution in [-0.4, -0.2) is 15.3 Å². The van der Waals surface area contributed by atoms with Crippen molar-refractivity contribution in [3.63, 3.8) is 0 Å². The largest absolute Gasteiger partial charge is 0.435 e. The molecule has 0 aliphatic heterocycles. The van der Waals surface area contributed by atoms with Gasteiger partial charge in [-0.2, -0.15) is 13.2 Å². The van der Waals surface area contributed by atoms with Gasteiger partial charge in [-0.3, -0.25) is 9.20 Å². The standard InChI is InChI=1S/C14H10F3N3OS/c15-14(16,17)12-11(20-6-2-1-5-10(20)19-12)13(21)18-8-9-4-3-7-22-9/h1-7H,8H2,(H,18,21). The number of pyridine rings is 1. The van der Waals surface area contributed by atoms with Gasteiger partial charge < -0.3 is 5.32 Å². The molecule has 0 fully saturated rings. The second kappa shape index (κ2) is 5.45. The number of imidazole rings is 1. The summed E-state index contributed by atoms with van der Waals surface area (Å²) >= 11 is 1.42. The molecule has 22 heavy (non-hydrogen) atoms. The van der Waals surface area contributed by atoms with Crippen LogP contribution in [0.4, 0.5) is 13.2 Å². The van der Waals surface area contributed by atoms with E-state index in [4.69, 9.17) is 0 Å². The van der Waals surface area contributed by atoms with Crippen molar-refractivity contribution in [1.29, 1.82) is 0 Å². The van der Waals surface area contributed by atoms with Crippen LogP contribution in [0.1, 0.15) is 21.1 Å². The summed E-state index contributed by atoms with van der Waals surface area (Å²) < 4.78 is 40.5. The molecule has 1 N–H and O–H groups in total. The minimum Gasteiger partial charge on any atom is -0.346 e. The molecule has 0 radical (unpaired) electrons. The van der Waals surface area contributed by atoms with Gasteiger partial charge in [0, 0.05) is 11.1 Å². The van der Waals surface area contributed by atoms with Gasteiger partial charge in [0.1, 0.15) is 11.3 Å². The monoisotopic (exact) mass is 325 g/mol. The fourth-order valence-electron chi connectivity index (χ4n) is 2.07. The third-order valence-electron chi connectivity index (χ3n) is 3.02. The van der Waals surface area contributed by atoms with Crippen molar-refractivity contribution >= 4 is 22.9 Å². The maximum absolute atomic E-state index is 13.1. The summed E-state index contributed by atoms with van der Waals surface area (Å²) in [4.78, 5) is 16.6. The average Bonchev–Trinajstić information content (AvgIpc) is 3.11. The van der Waals surface area contributed by atoms with Crippen LogP contribution in [0.3, 0.4) is 0 Å². The van der Waals surface area contributed by atoms with Crippen molar-refractivity contribution in [2.45, 2.75) is 12.7 Å². The van der Waals surface area contributed by atoms with Crippen molar-refractivity contribution in [2.75, 3.05) is 0 Å². The van der Waals surface area contributed by atoms with E-state index in [1.807, 2.05) is 11.4 Å². The molecular formula is C14H10F3N3OS. The molecule has 3 rings (SSSR count). The van der Waals surface area contributed by atoms with Crippen LogP contribution in [0.25, 0.3) is 5.65 Å². The Morgan fingerprint density at radius 2 is 2.09 bits per heavy atom. The number of hydrogen-bond donors (Lipinski definition) is 1. The molecular weight excluding hydrogens is 315 g/mol. The third kappa shape index (κ3) is 2.69. The Morgan fingerprint density at radius 1 is 1.27 bits per heavy atom. The van der Waals surface area contributed by atoms with Gasteiger partial charge in [-0.1, -0.05) is 12.1 Å². The van der Waals surface area contributed by atoms with Crippen molar-refractivity contribution in [3.05, 3.63) is 58.2 Å². The number of aromatic nitrogens is 2. The van der Waals surface area contributed by atoms with Crippen molar-refractivity contribution in [3.8, 4) is 0 Å². The number of alkyl halides is 3. The number of amides is 1. The molecule has 0 aromatic carbocycles. The zero-order chi connectivity index (χ0) is 15.7. The highest BCUT2D eigenvalue weighted by atomic mass is 32.1. The Morgan fingerprint density at radius 3 is 2.77 bits per heavy atom. The van der Waals surface area contributed by atoms with Gasteiger partial charge in [0.05, 0.1) is 6.54 Å². The first kappa shape index (κ1) is 14.6. The molecule has 3 heterocycles. The predicted molar refractivity (Wildman–Crippen MR) is 75.7 cm³/mol. The van der Waals surface area contributed by atoms with E-state index < -0.39 is 23.5 Å². The molecule has 0 aliphatic rings. The molecule has 0 bridgehead atoms. The maximum atomic E-state index is 13.1. The Bertz CT molecular complexity index is 808. The lowest BCUT2D eigenvalue weighted by atomic mass is 10.3. The summed E-state index contributed by atoms with van der Waals surface area (Å²) in [7, 11) is 0. The minimum atomic E-state index is -4.69.